The van der Waals surface area contributed by atoms with Crippen molar-refractivity contribution in [3.63, 3.8) is 0 Å². The average molecular weight is 357 g/mol. The van der Waals surface area contributed by atoms with Crippen LogP contribution in [0.3, 0.4) is 0 Å². The summed E-state index contributed by atoms with van der Waals surface area (Å²) in [4.78, 5) is 11.9. The van der Waals surface area contributed by atoms with E-state index in [1.807, 2.05) is 13.0 Å². The van der Waals surface area contributed by atoms with Crippen LogP contribution >= 0.6 is 11.6 Å². The molecule has 2 aromatic rings. The zero-order valence-corrected chi connectivity index (χ0v) is 13.6. The predicted molar refractivity (Wildman–Crippen MR) is 89.4 cm³/mol. The molecule has 0 unspecified atom stereocenters. The number of alkyl halides is 3. The van der Waals surface area contributed by atoms with E-state index in [0.717, 1.165) is 23.4 Å². The first-order valence-corrected chi connectivity index (χ1v) is 7.61. The number of anilines is 2. The number of rotatable bonds is 5. The lowest BCUT2D eigenvalue weighted by molar-refractivity contribution is -0.137. The first-order valence-electron chi connectivity index (χ1n) is 7.23. The SMILES string of the molecule is Cc1c(Cl)cccc1NCCC(=O)Nc1cccc(C(F)(F)F)c1. The summed E-state index contributed by atoms with van der Waals surface area (Å²) < 4.78 is 37.9. The number of amides is 1. The van der Waals surface area contributed by atoms with Gasteiger partial charge >= 0.3 is 6.18 Å². The molecule has 1 amide bonds. The molecule has 3 nitrogen and oxygen atoms in total. The van der Waals surface area contributed by atoms with E-state index in [9.17, 15) is 18.0 Å². The van der Waals surface area contributed by atoms with Gasteiger partial charge in [0.1, 0.15) is 0 Å². The van der Waals surface area contributed by atoms with Crippen LogP contribution in [0, 0.1) is 6.92 Å². The van der Waals surface area contributed by atoms with E-state index in [1.165, 1.54) is 12.1 Å². The zero-order valence-electron chi connectivity index (χ0n) is 12.9. The Morgan fingerprint density at radius 1 is 1.17 bits per heavy atom. The third-order valence-electron chi connectivity index (χ3n) is 3.41. The van der Waals surface area contributed by atoms with Crippen LogP contribution < -0.4 is 10.6 Å². The summed E-state index contributed by atoms with van der Waals surface area (Å²) in [6, 6.07) is 9.94. The fourth-order valence-electron chi connectivity index (χ4n) is 2.11. The van der Waals surface area contributed by atoms with Crippen molar-refractivity contribution in [1.29, 1.82) is 0 Å². The predicted octanol–water partition coefficient (Wildman–Crippen LogP) is 5.11. The molecule has 2 aromatic carbocycles. The van der Waals surface area contributed by atoms with Crippen LogP contribution in [0.5, 0.6) is 0 Å². The number of halogens is 4. The zero-order chi connectivity index (χ0) is 17.7. The van der Waals surface area contributed by atoms with Crippen molar-refractivity contribution in [2.45, 2.75) is 19.5 Å². The Labute approximate surface area is 142 Å². The molecule has 0 aliphatic heterocycles. The average Bonchev–Trinajstić information content (AvgIpc) is 2.51. The number of carbonyl (C=O) groups excluding carboxylic acids is 1. The maximum atomic E-state index is 12.6. The fourth-order valence-corrected chi connectivity index (χ4v) is 2.28. The lowest BCUT2D eigenvalue weighted by Gasteiger charge is -2.12. The molecule has 24 heavy (non-hydrogen) atoms. The van der Waals surface area contributed by atoms with Gasteiger partial charge in [-0.2, -0.15) is 13.2 Å². The Kier molecular flexibility index (Phi) is 5.72. The van der Waals surface area contributed by atoms with Crippen LogP contribution in [0.1, 0.15) is 17.5 Å². The van der Waals surface area contributed by atoms with Crippen molar-refractivity contribution in [3.05, 3.63) is 58.6 Å². The van der Waals surface area contributed by atoms with Gasteiger partial charge in [0.2, 0.25) is 5.91 Å². The second kappa shape index (κ2) is 7.57. The van der Waals surface area contributed by atoms with E-state index in [1.54, 1.807) is 12.1 Å². The Bertz CT molecular complexity index is 732. The van der Waals surface area contributed by atoms with Gasteiger partial charge in [-0.25, -0.2) is 0 Å². The van der Waals surface area contributed by atoms with E-state index in [0.29, 0.717) is 11.6 Å². The molecule has 2 rings (SSSR count). The summed E-state index contributed by atoms with van der Waals surface area (Å²) >= 11 is 6.00. The highest BCUT2D eigenvalue weighted by Gasteiger charge is 2.30. The third kappa shape index (κ3) is 4.89. The minimum Gasteiger partial charge on any atom is -0.384 e. The molecule has 0 aliphatic carbocycles. The molecule has 0 heterocycles. The van der Waals surface area contributed by atoms with E-state index in [-0.39, 0.29) is 18.0 Å². The van der Waals surface area contributed by atoms with Crippen molar-refractivity contribution in [2.24, 2.45) is 0 Å². The van der Waals surface area contributed by atoms with Crippen LogP contribution in [-0.4, -0.2) is 12.5 Å². The van der Waals surface area contributed by atoms with E-state index in [2.05, 4.69) is 10.6 Å². The second-order valence-corrected chi connectivity index (χ2v) is 5.62. The van der Waals surface area contributed by atoms with Crippen LogP contribution in [0.15, 0.2) is 42.5 Å². The number of nitrogens with one attached hydrogen (secondary N) is 2. The van der Waals surface area contributed by atoms with Crippen molar-refractivity contribution in [1.82, 2.24) is 0 Å². The highest BCUT2D eigenvalue weighted by atomic mass is 35.5. The first kappa shape index (κ1) is 18.1. The Hall–Kier alpha value is -2.21. The molecule has 0 bridgehead atoms. The van der Waals surface area contributed by atoms with Gasteiger partial charge in [0.15, 0.2) is 0 Å². The maximum absolute atomic E-state index is 12.6. The number of carbonyl (C=O) groups is 1. The van der Waals surface area contributed by atoms with Crippen LogP contribution in [-0.2, 0) is 11.0 Å². The maximum Gasteiger partial charge on any atom is 0.416 e. The lowest BCUT2D eigenvalue weighted by atomic mass is 10.2. The summed E-state index contributed by atoms with van der Waals surface area (Å²) in [5.41, 5.74) is 1.01. The van der Waals surface area contributed by atoms with E-state index in [4.69, 9.17) is 11.6 Å². The molecular weight excluding hydrogens is 341 g/mol. The molecule has 0 aliphatic rings. The third-order valence-corrected chi connectivity index (χ3v) is 3.82. The molecule has 2 N–H and O–H groups in total. The minimum absolute atomic E-state index is 0.113. The molecule has 0 spiro atoms. The molecule has 0 radical (unpaired) electrons. The summed E-state index contributed by atoms with van der Waals surface area (Å²) in [5.74, 6) is -0.374. The number of hydrogen-bond donors (Lipinski definition) is 2. The van der Waals surface area contributed by atoms with E-state index >= 15 is 0 Å². The number of benzene rings is 2. The van der Waals surface area contributed by atoms with E-state index < -0.39 is 11.7 Å². The molecule has 0 saturated heterocycles. The molecule has 128 valence electrons. The Morgan fingerprint density at radius 2 is 1.88 bits per heavy atom. The highest BCUT2D eigenvalue weighted by Crippen LogP contribution is 2.30. The summed E-state index contributed by atoms with van der Waals surface area (Å²) in [6.07, 6.45) is -4.32. The summed E-state index contributed by atoms with van der Waals surface area (Å²) in [6.45, 7) is 2.19. The van der Waals surface area contributed by atoms with Crippen molar-refractivity contribution >= 4 is 28.9 Å². The van der Waals surface area contributed by atoms with Crippen molar-refractivity contribution in [3.8, 4) is 0 Å². The first-order chi connectivity index (χ1) is 11.3. The van der Waals surface area contributed by atoms with Crippen molar-refractivity contribution < 1.29 is 18.0 Å². The minimum atomic E-state index is -4.44. The molecule has 0 fully saturated rings. The molecule has 0 atom stereocenters. The van der Waals surface area contributed by atoms with Crippen LogP contribution in [0.4, 0.5) is 24.5 Å². The van der Waals surface area contributed by atoms with Gasteiger partial charge in [-0.3, -0.25) is 4.79 Å². The topological polar surface area (TPSA) is 41.1 Å². The monoisotopic (exact) mass is 356 g/mol. The van der Waals surface area contributed by atoms with Gasteiger partial charge in [0.05, 0.1) is 5.56 Å². The molecule has 0 saturated carbocycles. The highest BCUT2D eigenvalue weighted by molar-refractivity contribution is 6.31. The van der Waals surface area contributed by atoms with Crippen LogP contribution in [0.25, 0.3) is 0 Å². The van der Waals surface area contributed by atoms with Gasteiger partial charge in [-0.1, -0.05) is 23.7 Å². The van der Waals surface area contributed by atoms with Crippen molar-refractivity contribution in [2.75, 3.05) is 17.2 Å². The fraction of sp³-hybridized carbons (Fsp3) is 0.235. The van der Waals surface area contributed by atoms with Gasteiger partial charge in [0.25, 0.3) is 0 Å². The second-order valence-electron chi connectivity index (χ2n) is 5.22. The van der Waals surface area contributed by atoms with Crippen LogP contribution in [0.2, 0.25) is 5.02 Å². The van der Waals surface area contributed by atoms with Gasteiger partial charge in [-0.05, 0) is 42.8 Å². The smallest absolute Gasteiger partial charge is 0.384 e. The summed E-state index contributed by atoms with van der Waals surface area (Å²) in [7, 11) is 0. The number of hydrogen-bond acceptors (Lipinski definition) is 2. The molecule has 0 aromatic heterocycles. The van der Waals surface area contributed by atoms with Gasteiger partial charge in [-0.15, -0.1) is 0 Å². The Morgan fingerprint density at radius 3 is 2.58 bits per heavy atom. The summed E-state index contributed by atoms with van der Waals surface area (Å²) in [5, 5.41) is 6.16. The van der Waals surface area contributed by atoms with Gasteiger partial charge < -0.3 is 10.6 Å². The largest absolute Gasteiger partial charge is 0.416 e. The van der Waals surface area contributed by atoms with Gasteiger partial charge in [0, 0.05) is 29.4 Å². The molecule has 7 heteroatoms. The quantitative estimate of drug-likeness (QED) is 0.781. The Balaban J connectivity index is 1.89. The normalized spacial score (nSPS) is 11.2. The lowest BCUT2D eigenvalue weighted by Crippen LogP contribution is -2.17. The standard InChI is InChI=1S/C17H16ClF3N2O/c1-11-14(18)6-3-7-15(11)22-9-8-16(24)23-13-5-2-4-12(10-13)17(19,20)21/h2-7,10,22H,8-9H2,1H3,(H,23,24). The molecular formula is C17H16ClF3N2O.